The first-order valence-corrected chi connectivity index (χ1v) is 12.4. The minimum atomic E-state index is -0.782. The summed E-state index contributed by atoms with van der Waals surface area (Å²) < 4.78 is 0. The average Bonchev–Trinajstić information content (AvgIpc) is 3.11. The van der Waals surface area contributed by atoms with Crippen LogP contribution in [0.4, 0.5) is 0 Å². The summed E-state index contributed by atoms with van der Waals surface area (Å²) in [4.78, 5) is 10.6. The zero-order chi connectivity index (χ0) is 24.3. The fraction of sp³-hybridized carbons (Fsp3) is 0.483. The molecule has 5 nitrogen and oxygen atoms in total. The van der Waals surface area contributed by atoms with Crippen LogP contribution in [0.25, 0.3) is 11.1 Å². The van der Waals surface area contributed by atoms with Crippen LogP contribution in [0.5, 0.6) is 0 Å². The van der Waals surface area contributed by atoms with E-state index in [9.17, 15) is 20.1 Å². The van der Waals surface area contributed by atoms with Gasteiger partial charge in [-0.25, -0.2) is 0 Å². The van der Waals surface area contributed by atoms with E-state index >= 15 is 0 Å². The quantitative estimate of drug-likeness (QED) is 0.287. The molecule has 4 N–H and O–H groups in total. The standard InChI is InChI=1S/C29H36O5/c30-24(17-14-21-12-15-23(16-13-21)22-8-4-3-5-9-22)18-19-26-25(27(31)20-28(26)32)10-6-1-2-7-11-29(33)34/h3-5,8-9,12-13,15-16,24-28,30-32H,1-2,6-7,10-11,18-20H2,(H,33,34)/t24?,25?,26?,27-,28?/m0/s1. The zero-order valence-electron chi connectivity index (χ0n) is 19.6. The van der Waals surface area contributed by atoms with E-state index in [1.165, 1.54) is 0 Å². The van der Waals surface area contributed by atoms with E-state index in [4.69, 9.17) is 5.11 Å². The van der Waals surface area contributed by atoms with Crippen LogP contribution >= 0.6 is 0 Å². The van der Waals surface area contributed by atoms with Crippen LogP contribution in [-0.4, -0.2) is 44.7 Å². The molecule has 2 aromatic rings. The second-order valence-electron chi connectivity index (χ2n) is 9.35. The van der Waals surface area contributed by atoms with Crippen LogP contribution in [0, 0.1) is 23.7 Å². The number of hydrogen-bond acceptors (Lipinski definition) is 4. The van der Waals surface area contributed by atoms with Crippen LogP contribution in [0.1, 0.15) is 63.4 Å². The summed E-state index contributed by atoms with van der Waals surface area (Å²) in [6.45, 7) is 0. The molecule has 182 valence electrons. The lowest BCUT2D eigenvalue weighted by Crippen LogP contribution is -2.23. The first-order chi connectivity index (χ1) is 16.4. The third-order valence-electron chi connectivity index (χ3n) is 6.85. The number of hydrogen-bond donors (Lipinski definition) is 4. The molecule has 0 heterocycles. The van der Waals surface area contributed by atoms with E-state index in [1.807, 2.05) is 42.5 Å². The highest BCUT2D eigenvalue weighted by atomic mass is 16.4. The van der Waals surface area contributed by atoms with Gasteiger partial charge in [0.2, 0.25) is 0 Å². The predicted molar refractivity (Wildman–Crippen MR) is 133 cm³/mol. The number of unbranched alkanes of at least 4 members (excludes halogenated alkanes) is 3. The highest BCUT2D eigenvalue weighted by molar-refractivity contribution is 5.66. The van der Waals surface area contributed by atoms with Crippen LogP contribution in [0.15, 0.2) is 54.6 Å². The highest BCUT2D eigenvalue weighted by Gasteiger charge is 2.40. The van der Waals surface area contributed by atoms with Gasteiger partial charge in [0.1, 0.15) is 6.10 Å². The number of carboxylic acid groups (broad SMARTS) is 1. The van der Waals surface area contributed by atoms with Crippen molar-refractivity contribution >= 4 is 5.97 Å². The molecule has 0 saturated heterocycles. The van der Waals surface area contributed by atoms with Crippen molar-refractivity contribution in [1.82, 2.24) is 0 Å². The Bertz CT molecular complexity index is 944. The topological polar surface area (TPSA) is 98.0 Å². The minimum Gasteiger partial charge on any atom is -0.481 e. The Balaban J connectivity index is 1.46. The van der Waals surface area contributed by atoms with Gasteiger partial charge >= 0.3 is 5.97 Å². The molecule has 0 spiro atoms. The second kappa shape index (κ2) is 13.3. The summed E-state index contributed by atoms with van der Waals surface area (Å²) in [6, 6.07) is 18.1. The van der Waals surface area contributed by atoms with Crippen molar-refractivity contribution in [2.75, 3.05) is 0 Å². The van der Waals surface area contributed by atoms with Crippen molar-refractivity contribution in [2.24, 2.45) is 11.8 Å². The SMILES string of the molecule is O=C(O)CCCCCCC1C(CCC(O)C#Cc2ccc(-c3ccccc3)cc2)C(O)C[C@@H]1O. The van der Waals surface area contributed by atoms with E-state index in [1.54, 1.807) is 0 Å². The van der Waals surface area contributed by atoms with Gasteiger partial charge in [0.25, 0.3) is 0 Å². The molecule has 0 aliphatic heterocycles. The van der Waals surface area contributed by atoms with Gasteiger partial charge in [-0.1, -0.05) is 73.6 Å². The molecule has 2 aromatic carbocycles. The summed E-state index contributed by atoms with van der Waals surface area (Å²) in [6.07, 6.45) is 3.97. The number of benzene rings is 2. The zero-order valence-corrected chi connectivity index (χ0v) is 19.6. The first kappa shape index (κ1) is 26.0. The lowest BCUT2D eigenvalue weighted by atomic mass is 9.85. The van der Waals surface area contributed by atoms with Gasteiger partial charge in [-0.3, -0.25) is 4.79 Å². The fourth-order valence-corrected chi connectivity index (χ4v) is 4.96. The molecule has 4 unspecified atom stereocenters. The van der Waals surface area contributed by atoms with Gasteiger partial charge in [-0.15, -0.1) is 0 Å². The van der Waals surface area contributed by atoms with Crippen LogP contribution in [-0.2, 0) is 4.79 Å². The maximum atomic E-state index is 10.6. The highest BCUT2D eigenvalue weighted by Crippen LogP contribution is 2.39. The van der Waals surface area contributed by atoms with Crippen LogP contribution in [0.3, 0.4) is 0 Å². The summed E-state index contributed by atoms with van der Waals surface area (Å²) in [5, 5.41) is 39.9. The predicted octanol–water partition coefficient (Wildman–Crippen LogP) is 4.63. The number of aliphatic hydroxyl groups is 3. The fourth-order valence-electron chi connectivity index (χ4n) is 4.96. The summed E-state index contributed by atoms with van der Waals surface area (Å²) in [7, 11) is 0. The normalized spacial score (nSPS) is 22.7. The third-order valence-corrected chi connectivity index (χ3v) is 6.85. The largest absolute Gasteiger partial charge is 0.481 e. The Morgan fingerprint density at radius 3 is 2.15 bits per heavy atom. The molecule has 3 rings (SSSR count). The van der Waals surface area contributed by atoms with E-state index in [0.29, 0.717) is 25.7 Å². The number of carboxylic acids is 1. The van der Waals surface area contributed by atoms with Crippen LogP contribution < -0.4 is 0 Å². The molecule has 0 aromatic heterocycles. The third kappa shape index (κ3) is 7.99. The molecule has 0 amide bonds. The molecule has 1 aliphatic rings. The van der Waals surface area contributed by atoms with Crippen LogP contribution in [0.2, 0.25) is 0 Å². The van der Waals surface area contributed by atoms with Crippen molar-refractivity contribution in [3.05, 3.63) is 60.2 Å². The Morgan fingerprint density at radius 2 is 1.47 bits per heavy atom. The van der Waals surface area contributed by atoms with E-state index in [2.05, 4.69) is 24.0 Å². The number of rotatable bonds is 11. The Kier molecular flexibility index (Phi) is 10.2. The molecule has 1 fully saturated rings. The summed E-state index contributed by atoms with van der Waals surface area (Å²) in [5.41, 5.74) is 3.11. The van der Waals surface area contributed by atoms with E-state index in [-0.39, 0.29) is 18.3 Å². The maximum Gasteiger partial charge on any atom is 0.303 e. The maximum absolute atomic E-state index is 10.6. The van der Waals surface area contributed by atoms with Crippen molar-refractivity contribution in [3.8, 4) is 23.0 Å². The lowest BCUT2D eigenvalue weighted by Gasteiger charge is -2.24. The van der Waals surface area contributed by atoms with Crippen molar-refractivity contribution < 1.29 is 25.2 Å². The molecular formula is C29H36O5. The summed E-state index contributed by atoms with van der Waals surface area (Å²) in [5.74, 6) is 5.15. The number of aliphatic hydroxyl groups excluding tert-OH is 3. The molecule has 5 heteroatoms. The van der Waals surface area contributed by atoms with Gasteiger partial charge < -0.3 is 20.4 Å². The van der Waals surface area contributed by atoms with Crippen molar-refractivity contribution in [3.63, 3.8) is 0 Å². The lowest BCUT2D eigenvalue weighted by molar-refractivity contribution is -0.137. The molecule has 1 aliphatic carbocycles. The van der Waals surface area contributed by atoms with Gasteiger partial charge in [-0.2, -0.15) is 0 Å². The number of aliphatic carboxylic acids is 1. The molecule has 1 saturated carbocycles. The van der Waals surface area contributed by atoms with Crippen molar-refractivity contribution in [1.29, 1.82) is 0 Å². The molecule has 0 radical (unpaired) electrons. The minimum absolute atomic E-state index is 0.0140. The average molecular weight is 465 g/mol. The smallest absolute Gasteiger partial charge is 0.303 e. The molecule has 0 bridgehead atoms. The van der Waals surface area contributed by atoms with Gasteiger partial charge in [0.15, 0.2) is 0 Å². The number of carbonyl (C=O) groups is 1. The monoisotopic (exact) mass is 464 g/mol. The summed E-state index contributed by atoms with van der Waals surface area (Å²) >= 11 is 0. The molecular weight excluding hydrogens is 428 g/mol. The van der Waals surface area contributed by atoms with E-state index in [0.717, 1.165) is 42.4 Å². The van der Waals surface area contributed by atoms with Crippen molar-refractivity contribution in [2.45, 2.75) is 76.1 Å². The van der Waals surface area contributed by atoms with Gasteiger partial charge in [-0.05, 0) is 67.2 Å². The second-order valence-corrected chi connectivity index (χ2v) is 9.35. The Morgan fingerprint density at radius 1 is 0.853 bits per heavy atom. The Labute approximate surface area is 202 Å². The van der Waals surface area contributed by atoms with Gasteiger partial charge in [0, 0.05) is 12.0 Å². The molecule has 34 heavy (non-hydrogen) atoms. The molecule has 5 atom stereocenters. The Hall–Kier alpha value is -2.65. The first-order valence-electron chi connectivity index (χ1n) is 12.4. The van der Waals surface area contributed by atoms with E-state index < -0.39 is 24.3 Å². The van der Waals surface area contributed by atoms with Gasteiger partial charge in [0.05, 0.1) is 12.2 Å².